The van der Waals surface area contributed by atoms with E-state index >= 15 is 0 Å². The van der Waals surface area contributed by atoms with E-state index in [1.807, 2.05) is 11.5 Å². The molecule has 0 saturated heterocycles. The Labute approximate surface area is 79.3 Å². The molecule has 0 aliphatic rings. The van der Waals surface area contributed by atoms with E-state index in [0.29, 0.717) is 5.82 Å². The molecule has 2 aromatic heterocycles. The number of hydrogen-bond acceptors (Lipinski definition) is 4. The lowest BCUT2D eigenvalue weighted by molar-refractivity contribution is 0.420. The summed E-state index contributed by atoms with van der Waals surface area (Å²) in [6.45, 7) is 2.81. The highest BCUT2D eigenvalue weighted by molar-refractivity contribution is 6.27. The molecule has 0 aromatic carbocycles. The monoisotopic (exact) mass is 198 g/mol. The second-order valence-electron chi connectivity index (χ2n) is 2.44. The number of aryl methyl sites for hydroxylation is 1. The Morgan fingerprint density at radius 2 is 2.46 bits per heavy atom. The van der Waals surface area contributed by atoms with Crippen LogP contribution in [0.1, 0.15) is 6.92 Å². The minimum Gasteiger partial charge on any atom is -0.328 e. The molecule has 0 amide bonds. The van der Waals surface area contributed by atoms with Crippen molar-refractivity contribution in [3.05, 3.63) is 17.9 Å². The van der Waals surface area contributed by atoms with Crippen molar-refractivity contribution in [3.8, 4) is 11.5 Å². The third-order valence-corrected chi connectivity index (χ3v) is 1.84. The predicted molar refractivity (Wildman–Crippen MR) is 46.2 cm³/mol. The van der Waals surface area contributed by atoms with Gasteiger partial charge in [0, 0.05) is 6.54 Å². The molecule has 13 heavy (non-hydrogen) atoms. The molecule has 0 radical (unpaired) electrons. The second-order valence-corrected chi connectivity index (χ2v) is 2.76. The van der Waals surface area contributed by atoms with Crippen LogP contribution in [-0.4, -0.2) is 19.7 Å². The van der Waals surface area contributed by atoms with Crippen LogP contribution in [-0.2, 0) is 6.54 Å². The topological polar surface area (TPSA) is 56.7 Å². The molecule has 0 aliphatic heterocycles. The molecule has 0 bridgehead atoms. The third-order valence-electron chi connectivity index (χ3n) is 1.68. The summed E-state index contributed by atoms with van der Waals surface area (Å²) < 4.78 is 6.55. The fraction of sp³-hybridized carbons (Fsp3) is 0.286. The Balaban J connectivity index is 2.45. The van der Waals surface area contributed by atoms with Gasteiger partial charge in [-0.15, -0.1) is 0 Å². The van der Waals surface area contributed by atoms with Gasteiger partial charge < -0.3 is 9.09 Å². The van der Waals surface area contributed by atoms with Crippen molar-refractivity contribution in [2.24, 2.45) is 0 Å². The zero-order chi connectivity index (χ0) is 9.26. The molecule has 5 nitrogen and oxygen atoms in total. The first-order chi connectivity index (χ1) is 6.31. The maximum Gasteiger partial charge on any atom is 0.320 e. The van der Waals surface area contributed by atoms with Gasteiger partial charge >= 0.3 is 5.35 Å². The summed E-state index contributed by atoms with van der Waals surface area (Å²) in [5.74, 6) is 0.462. The Morgan fingerprint density at radius 1 is 1.62 bits per heavy atom. The number of hydrogen-bond donors (Lipinski definition) is 0. The molecular weight excluding hydrogens is 192 g/mol. The maximum atomic E-state index is 5.50. The van der Waals surface area contributed by atoms with Crippen LogP contribution in [0.5, 0.6) is 0 Å². The normalized spacial score (nSPS) is 10.6. The molecule has 68 valence electrons. The Hall–Kier alpha value is -1.36. The van der Waals surface area contributed by atoms with Gasteiger partial charge in [-0.25, -0.2) is 4.98 Å². The number of rotatable bonds is 2. The zero-order valence-corrected chi connectivity index (χ0v) is 7.69. The standard InChI is InChI=1S/C7H7ClN4O/c1-2-12-4-9-3-5(12)6-10-7(8)13-11-6/h3-4H,2H2,1H3. The third kappa shape index (κ3) is 1.42. The van der Waals surface area contributed by atoms with Crippen molar-refractivity contribution >= 4 is 11.6 Å². The summed E-state index contributed by atoms with van der Waals surface area (Å²) in [6.07, 6.45) is 3.38. The number of halogens is 1. The molecule has 0 spiro atoms. The highest BCUT2D eigenvalue weighted by Crippen LogP contribution is 2.16. The second kappa shape index (κ2) is 3.18. The van der Waals surface area contributed by atoms with Crippen LogP contribution in [0.4, 0.5) is 0 Å². The van der Waals surface area contributed by atoms with Crippen LogP contribution < -0.4 is 0 Å². The van der Waals surface area contributed by atoms with Gasteiger partial charge in [-0.2, -0.15) is 4.98 Å². The smallest absolute Gasteiger partial charge is 0.320 e. The molecule has 0 saturated carbocycles. The summed E-state index contributed by atoms with van der Waals surface area (Å²) in [7, 11) is 0. The summed E-state index contributed by atoms with van der Waals surface area (Å²) in [6, 6.07) is 0. The lowest BCUT2D eigenvalue weighted by Crippen LogP contribution is -1.95. The van der Waals surface area contributed by atoms with Gasteiger partial charge in [-0.05, 0) is 18.5 Å². The molecule has 0 aliphatic carbocycles. The van der Waals surface area contributed by atoms with E-state index in [2.05, 4.69) is 19.6 Å². The quantitative estimate of drug-likeness (QED) is 0.736. The Bertz CT molecular complexity index is 408. The van der Waals surface area contributed by atoms with Gasteiger partial charge in [0.25, 0.3) is 0 Å². The molecule has 0 fully saturated rings. The molecular formula is C7H7ClN4O. The molecule has 6 heteroatoms. The van der Waals surface area contributed by atoms with Gasteiger partial charge in [-0.3, -0.25) is 0 Å². The highest BCUT2D eigenvalue weighted by atomic mass is 35.5. The molecule has 0 N–H and O–H groups in total. The van der Waals surface area contributed by atoms with Gasteiger partial charge in [0.2, 0.25) is 5.82 Å². The average Bonchev–Trinajstić information content (AvgIpc) is 2.71. The minimum atomic E-state index is 0.0406. The first-order valence-electron chi connectivity index (χ1n) is 3.81. The molecule has 2 aromatic rings. The van der Waals surface area contributed by atoms with Crippen molar-refractivity contribution in [1.82, 2.24) is 19.7 Å². The largest absolute Gasteiger partial charge is 0.328 e. The van der Waals surface area contributed by atoms with E-state index in [4.69, 9.17) is 11.6 Å². The maximum absolute atomic E-state index is 5.50. The van der Waals surface area contributed by atoms with Crippen LogP contribution in [0, 0.1) is 0 Å². The van der Waals surface area contributed by atoms with Crippen LogP contribution in [0.3, 0.4) is 0 Å². The van der Waals surface area contributed by atoms with E-state index in [9.17, 15) is 0 Å². The summed E-state index contributed by atoms with van der Waals surface area (Å²) in [5.41, 5.74) is 0.804. The lowest BCUT2D eigenvalue weighted by Gasteiger charge is -1.98. The lowest BCUT2D eigenvalue weighted by atomic mass is 10.4. The van der Waals surface area contributed by atoms with Gasteiger partial charge in [0.05, 0.1) is 12.5 Å². The van der Waals surface area contributed by atoms with E-state index < -0.39 is 0 Å². The van der Waals surface area contributed by atoms with Crippen molar-refractivity contribution in [1.29, 1.82) is 0 Å². The number of aromatic nitrogens is 4. The van der Waals surface area contributed by atoms with E-state index in [1.54, 1.807) is 12.5 Å². The molecule has 0 atom stereocenters. The van der Waals surface area contributed by atoms with E-state index in [1.165, 1.54) is 0 Å². The van der Waals surface area contributed by atoms with Gasteiger partial charge in [0.15, 0.2) is 0 Å². The summed E-state index contributed by atoms with van der Waals surface area (Å²) >= 11 is 5.50. The predicted octanol–water partition coefficient (Wildman–Crippen LogP) is 1.61. The molecule has 2 heterocycles. The summed E-state index contributed by atoms with van der Waals surface area (Å²) in [5, 5.41) is 3.73. The zero-order valence-electron chi connectivity index (χ0n) is 6.94. The fourth-order valence-corrected chi connectivity index (χ4v) is 1.18. The highest BCUT2D eigenvalue weighted by Gasteiger charge is 2.10. The number of nitrogens with zero attached hydrogens (tertiary/aromatic N) is 4. The van der Waals surface area contributed by atoms with Crippen LogP contribution >= 0.6 is 11.6 Å². The van der Waals surface area contributed by atoms with Crippen molar-refractivity contribution in [2.75, 3.05) is 0 Å². The van der Waals surface area contributed by atoms with Gasteiger partial charge in [-0.1, -0.05) is 5.16 Å². The SMILES string of the molecule is CCn1cncc1-c1noc(Cl)n1. The minimum absolute atomic E-state index is 0.0406. The van der Waals surface area contributed by atoms with E-state index in [-0.39, 0.29) is 5.35 Å². The van der Waals surface area contributed by atoms with Crippen LogP contribution in [0.2, 0.25) is 5.35 Å². The first-order valence-corrected chi connectivity index (χ1v) is 4.18. The Kier molecular flexibility index (Phi) is 2.02. The van der Waals surface area contributed by atoms with Crippen molar-refractivity contribution in [3.63, 3.8) is 0 Å². The first kappa shape index (κ1) is 8.25. The Morgan fingerprint density at radius 3 is 3.08 bits per heavy atom. The van der Waals surface area contributed by atoms with Crippen LogP contribution in [0.15, 0.2) is 17.0 Å². The van der Waals surface area contributed by atoms with Crippen molar-refractivity contribution in [2.45, 2.75) is 13.5 Å². The molecule has 2 rings (SSSR count). The van der Waals surface area contributed by atoms with Crippen molar-refractivity contribution < 1.29 is 4.52 Å². The van der Waals surface area contributed by atoms with Gasteiger partial charge in [0.1, 0.15) is 5.69 Å². The fourth-order valence-electron chi connectivity index (χ4n) is 1.07. The summed E-state index contributed by atoms with van der Waals surface area (Å²) in [4.78, 5) is 7.87. The van der Waals surface area contributed by atoms with Crippen LogP contribution in [0.25, 0.3) is 11.5 Å². The average molecular weight is 199 g/mol. The van der Waals surface area contributed by atoms with E-state index in [0.717, 1.165) is 12.2 Å². The number of imidazole rings is 1. The molecule has 0 unspecified atom stereocenters.